The number of carbonyl (C=O) groups is 1. The van der Waals surface area contributed by atoms with Gasteiger partial charge in [-0.05, 0) is 36.6 Å². The summed E-state index contributed by atoms with van der Waals surface area (Å²) in [6.07, 6.45) is 2.84. The van der Waals surface area contributed by atoms with Gasteiger partial charge >= 0.3 is 0 Å². The molecule has 0 saturated carbocycles. The van der Waals surface area contributed by atoms with Crippen molar-refractivity contribution < 1.29 is 4.79 Å². The monoisotopic (exact) mass is 425 g/mol. The van der Waals surface area contributed by atoms with E-state index < -0.39 is 0 Å². The summed E-state index contributed by atoms with van der Waals surface area (Å²) in [5, 5.41) is 7.64. The predicted octanol–water partition coefficient (Wildman–Crippen LogP) is 3.77. The molecule has 6 nitrogen and oxygen atoms in total. The summed E-state index contributed by atoms with van der Waals surface area (Å²) >= 11 is 0. The van der Waals surface area contributed by atoms with Gasteiger partial charge in [0.25, 0.3) is 5.91 Å². The van der Waals surface area contributed by atoms with Crippen molar-refractivity contribution >= 4 is 24.1 Å². The number of amides is 1. The molecule has 158 valence electrons. The van der Waals surface area contributed by atoms with E-state index in [1.807, 2.05) is 48.1 Å². The first-order valence-corrected chi connectivity index (χ1v) is 10.0. The van der Waals surface area contributed by atoms with Crippen LogP contribution in [-0.2, 0) is 13.1 Å². The Labute approximate surface area is 183 Å². The van der Waals surface area contributed by atoms with E-state index in [9.17, 15) is 4.79 Å². The summed E-state index contributed by atoms with van der Waals surface area (Å²) in [5.74, 6) is 0.655. The van der Waals surface area contributed by atoms with Gasteiger partial charge in [0.2, 0.25) is 0 Å². The van der Waals surface area contributed by atoms with E-state index in [0.29, 0.717) is 12.1 Å². The largest absolute Gasteiger partial charge is 0.326 e. The minimum Gasteiger partial charge on any atom is -0.326 e. The maximum Gasteiger partial charge on any atom is 0.256 e. The zero-order valence-electron chi connectivity index (χ0n) is 17.1. The lowest BCUT2D eigenvalue weighted by molar-refractivity contribution is 0.102. The summed E-state index contributed by atoms with van der Waals surface area (Å²) in [6.45, 7) is 5.32. The predicted molar refractivity (Wildman–Crippen MR) is 122 cm³/mol. The van der Waals surface area contributed by atoms with Crippen molar-refractivity contribution in [1.29, 1.82) is 0 Å². The zero-order chi connectivity index (χ0) is 20.2. The van der Waals surface area contributed by atoms with Gasteiger partial charge in [0, 0.05) is 37.3 Å². The minimum atomic E-state index is -0.127. The van der Waals surface area contributed by atoms with Gasteiger partial charge in [-0.3, -0.25) is 9.69 Å². The molecule has 1 saturated heterocycles. The molecule has 1 atom stereocenters. The van der Waals surface area contributed by atoms with Gasteiger partial charge in [0.1, 0.15) is 5.82 Å². The molecule has 1 aliphatic heterocycles. The van der Waals surface area contributed by atoms with Crippen LogP contribution in [-0.4, -0.2) is 33.7 Å². The number of benzene rings is 2. The van der Waals surface area contributed by atoms with Crippen molar-refractivity contribution in [2.75, 3.05) is 18.4 Å². The van der Waals surface area contributed by atoms with E-state index in [2.05, 4.69) is 39.6 Å². The quantitative estimate of drug-likeness (QED) is 0.630. The van der Waals surface area contributed by atoms with E-state index in [4.69, 9.17) is 5.73 Å². The molecular formula is C23H28ClN5O. The SMILES string of the molecule is Cc1cnn(C2CCN(Cc3ccccc3)C2)c1NC(=O)c1ccc(CN)cc1.Cl. The number of rotatable bonds is 6. The molecule has 1 aliphatic rings. The molecule has 30 heavy (non-hydrogen) atoms. The van der Waals surface area contributed by atoms with Crippen molar-refractivity contribution in [3.63, 3.8) is 0 Å². The average Bonchev–Trinajstić information content (AvgIpc) is 3.35. The minimum absolute atomic E-state index is 0. The molecule has 0 spiro atoms. The van der Waals surface area contributed by atoms with Gasteiger partial charge in [0.05, 0.1) is 12.2 Å². The first-order chi connectivity index (χ1) is 14.1. The van der Waals surface area contributed by atoms with Crippen LogP contribution in [0.25, 0.3) is 0 Å². The Balaban J connectivity index is 0.00000256. The molecule has 2 heterocycles. The topological polar surface area (TPSA) is 76.2 Å². The molecule has 7 heteroatoms. The lowest BCUT2D eigenvalue weighted by atomic mass is 10.1. The van der Waals surface area contributed by atoms with Crippen molar-refractivity contribution in [1.82, 2.24) is 14.7 Å². The molecule has 1 amide bonds. The highest BCUT2D eigenvalue weighted by Gasteiger charge is 2.27. The fourth-order valence-corrected chi connectivity index (χ4v) is 3.85. The Hall–Kier alpha value is -2.67. The number of aryl methyl sites for hydroxylation is 1. The maximum atomic E-state index is 12.7. The van der Waals surface area contributed by atoms with Gasteiger partial charge in [-0.25, -0.2) is 4.68 Å². The van der Waals surface area contributed by atoms with Crippen LogP contribution < -0.4 is 11.1 Å². The smallest absolute Gasteiger partial charge is 0.256 e. The third-order valence-corrected chi connectivity index (χ3v) is 5.50. The second kappa shape index (κ2) is 9.89. The van der Waals surface area contributed by atoms with Crippen molar-refractivity contribution in [3.8, 4) is 0 Å². The normalized spacial score (nSPS) is 16.3. The van der Waals surface area contributed by atoms with Crippen molar-refractivity contribution in [2.45, 2.75) is 32.5 Å². The summed E-state index contributed by atoms with van der Waals surface area (Å²) in [6, 6.07) is 18.2. The van der Waals surface area contributed by atoms with E-state index >= 15 is 0 Å². The molecule has 3 aromatic rings. The third-order valence-electron chi connectivity index (χ3n) is 5.50. The molecular weight excluding hydrogens is 398 g/mol. The number of hydrogen-bond acceptors (Lipinski definition) is 4. The van der Waals surface area contributed by atoms with Gasteiger partial charge < -0.3 is 11.1 Å². The van der Waals surface area contributed by atoms with Crippen LogP contribution in [0.2, 0.25) is 0 Å². The van der Waals surface area contributed by atoms with Crippen LogP contribution >= 0.6 is 12.4 Å². The Kier molecular flexibility index (Phi) is 7.26. The summed E-state index contributed by atoms with van der Waals surface area (Å²) in [5.41, 5.74) is 9.55. The van der Waals surface area contributed by atoms with E-state index in [1.165, 1.54) is 5.56 Å². The van der Waals surface area contributed by atoms with E-state index in [-0.39, 0.29) is 24.4 Å². The molecule has 0 radical (unpaired) electrons. The highest BCUT2D eigenvalue weighted by atomic mass is 35.5. The molecule has 4 rings (SSSR count). The number of carbonyl (C=O) groups excluding carboxylic acids is 1. The van der Waals surface area contributed by atoms with E-state index in [1.54, 1.807) is 0 Å². The molecule has 2 aromatic carbocycles. The first kappa shape index (κ1) is 22.0. The molecule has 0 bridgehead atoms. The Bertz CT molecular complexity index is 971. The zero-order valence-corrected chi connectivity index (χ0v) is 17.9. The Morgan fingerprint density at radius 2 is 1.87 bits per heavy atom. The van der Waals surface area contributed by atoms with Crippen LogP contribution in [0.15, 0.2) is 60.8 Å². The number of nitrogens with one attached hydrogen (secondary N) is 1. The Morgan fingerprint density at radius 3 is 2.57 bits per heavy atom. The molecule has 0 aliphatic carbocycles. The van der Waals surface area contributed by atoms with Crippen LogP contribution in [0, 0.1) is 6.92 Å². The molecule has 1 unspecified atom stereocenters. The number of aromatic nitrogens is 2. The highest BCUT2D eigenvalue weighted by molar-refractivity contribution is 6.04. The van der Waals surface area contributed by atoms with Crippen LogP contribution in [0.3, 0.4) is 0 Å². The lowest BCUT2D eigenvalue weighted by Crippen LogP contribution is -2.23. The number of nitrogens with zero attached hydrogens (tertiary/aromatic N) is 3. The number of anilines is 1. The molecule has 1 fully saturated rings. The second-order valence-electron chi connectivity index (χ2n) is 7.64. The number of nitrogens with two attached hydrogens (primary N) is 1. The maximum absolute atomic E-state index is 12.7. The fourth-order valence-electron chi connectivity index (χ4n) is 3.85. The number of likely N-dealkylation sites (tertiary alicyclic amines) is 1. The van der Waals surface area contributed by atoms with Gasteiger partial charge in [-0.1, -0.05) is 42.5 Å². The summed E-state index contributed by atoms with van der Waals surface area (Å²) in [7, 11) is 0. The molecule has 1 aromatic heterocycles. The van der Waals surface area contributed by atoms with E-state index in [0.717, 1.165) is 43.0 Å². The molecule has 3 N–H and O–H groups in total. The number of halogens is 1. The van der Waals surface area contributed by atoms with Crippen LogP contribution in [0.4, 0.5) is 5.82 Å². The lowest BCUT2D eigenvalue weighted by Gasteiger charge is -2.18. The van der Waals surface area contributed by atoms with Crippen molar-refractivity contribution in [3.05, 3.63) is 83.0 Å². The van der Waals surface area contributed by atoms with Gasteiger partial charge in [-0.2, -0.15) is 5.10 Å². The second-order valence-corrected chi connectivity index (χ2v) is 7.64. The highest BCUT2D eigenvalue weighted by Crippen LogP contribution is 2.28. The average molecular weight is 426 g/mol. The third kappa shape index (κ3) is 4.90. The van der Waals surface area contributed by atoms with Crippen LogP contribution in [0.1, 0.15) is 39.5 Å². The summed E-state index contributed by atoms with van der Waals surface area (Å²) in [4.78, 5) is 15.2. The van der Waals surface area contributed by atoms with Gasteiger partial charge in [-0.15, -0.1) is 12.4 Å². The standard InChI is InChI=1S/C23H27N5O.ClH/c1-17-14-25-28(21-11-12-27(16-21)15-19-5-3-2-4-6-19)22(17)26-23(29)20-9-7-18(13-24)8-10-20;/h2-10,14,21H,11-13,15-16,24H2,1H3,(H,26,29);1H. The number of hydrogen-bond donors (Lipinski definition) is 2. The fraction of sp³-hybridized carbons (Fsp3) is 0.304. The van der Waals surface area contributed by atoms with Gasteiger partial charge in [0.15, 0.2) is 0 Å². The van der Waals surface area contributed by atoms with Crippen molar-refractivity contribution in [2.24, 2.45) is 5.73 Å². The Morgan fingerprint density at radius 1 is 1.13 bits per heavy atom. The van der Waals surface area contributed by atoms with Crippen LogP contribution in [0.5, 0.6) is 0 Å². The summed E-state index contributed by atoms with van der Waals surface area (Å²) < 4.78 is 1.98. The first-order valence-electron chi connectivity index (χ1n) is 10.0.